The summed E-state index contributed by atoms with van der Waals surface area (Å²) >= 11 is 1.74. The van der Waals surface area contributed by atoms with Gasteiger partial charge in [0.25, 0.3) is 0 Å². The van der Waals surface area contributed by atoms with Crippen LogP contribution in [0, 0.1) is 0 Å². The van der Waals surface area contributed by atoms with Gasteiger partial charge >= 0.3 is 5.97 Å². The third-order valence-electron chi connectivity index (χ3n) is 2.09. The van der Waals surface area contributed by atoms with Crippen molar-refractivity contribution in [2.45, 2.75) is 31.7 Å². The first-order chi connectivity index (χ1) is 6.70. The van der Waals surface area contributed by atoms with Crippen molar-refractivity contribution in [2.24, 2.45) is 5.73 Å². The summed E-state index contributed by atoms with van der Waals surface area (Å²) in [5.41, 5.74) is 5.38. The summed E-state index contributed by atoms with van der Waals surface area (Å²) in [6.07, 6.45) is 3.50. The van der Waals surface area contributed by atoms with Gasteiger partial charge in [0.05, 0.1) is 0 Å². The van der Waals surface area contributed by atoms with E-state index in [0.29, 0.717) is 6.42 Å². The van der Waals surface area contributed by atoms with Gasteiger partial charge in [0, 0.05) is 4.88 Å². The molecule has 0 fully saturated rings. The molecule has 0 aromatic carbocycles. The maximum Gasteiger partial charge on any atom is 0.320 e. The molecule has 1 unspecified atom stereocenters. The third-order valence-corrected chi connectivity index (χ3v) is 3.02. The first-order valence-corrected chi connectivity index (χ1v) is 5.59. The molecule has 0 aliphatic heterocycles. The van der Waals surface area contributed by atoms with Crippen LogP contribution in [-0.4, -0.2) is 17.1 Å². The van der Waals surface area contributed by atoms with Crippen LogP contribution in [0.3, 0.4) is 0 Å². The zero-order valence-corrected chi connectivity index (χ0v) is 8.80. The predicted octanol–water partition coefficient (Wildman–Crippen LogP) is 1.87. The van der Waals surface area contributed by atoms with E-state index in [-0.39, 0.29) is 0 Å². The molecule has 4 heteroatoms. The number of carboxylic acid groups (broad SMARTS) is 1. The number of thiophene rings is 1. The van der Waals surface area contributed by atoms with Crippen molar-refractivity contribution in [1.29, 1.82) is 0 Å². The zero-order valence-electron chi connectivity index (χ0n) is 7.98. The van der Waals surface area contributed by atoms with Gasteiger partial charge in [0.1, 0.15) is 6.04 Å². The number of carbonyl (C=O) groups is 1. The number of unbranched alkanes of at least 4 members (excludes halogenated alkanes) is 1. The molecule has 0 aliphatic rings. The van der Waals surface area contributed by atoms with Crippen molar-refractivity contribution in [3.05, 3.63) is 22.4 Å². The Morgan fingerprint density at radius 1 is 1.57 bits per heavy atom. The van der Waals surface area contributed by atoms with Gasteiger partial charge in [-0.1, -0.05) is 12.5 Å². The molecule has 1 rings (SSSR count). The van der Waals surface area contributed by atoms with E-state index in [4.69, 9.17) is 10.8 Å². The molecule has 3 nitrogen and oxygen atoms in total. The highest BCUT2D eigenvalue weighted by atomic mass is 32.1. The van der Waals surface area contributed by atoms with Crippen LogP contribution in [0.4, 0.5) is 0 Å². The standard InChI is InChI=1S/C10H15NO2S/c11-9(10(12)13)6-2-1-4-8-5-3-7-14-8/h3,5,7,9H,1-2,4,6,11H2,(H,12,13). The SMILES string of the molecule is NC(CCCCc1cccs1)C(=O)O. The van der Waals surface area contributed by atoms with Gasteiger partial charge in [-0.15, -0.1) is 11.3 Å². The first kappa shape index (κ1) is 11.2. The van der Waals surface area contributed by atoms with E-state index >= 15 is 0 Å². The smallest absolute Gasteiger partial charge is 0.320 e. The lowest BCUT2D eigenvalue weighted by Crippen LogP contribution is -2.29. The number of rotatable bonds is 6. The summed E-state index contributed by atoms with van der Waals surface area (Å²) in [5, 5.41) is 10.6. The largest absolute Gasteiger partial charge is 0.480 e. The van der Waals surface area contributed by atoms with Gasteiger partial charge in [0.2, 0.25) is 0 Å². The molecule has 1 atom stereocenters. The van der Waals surface area contributed by atoms with Gasteiger partial charge < -0.3 is 10.8 Å². The average Bonchev–Trinajstić information content (AvgIpc) is 2.64. The van der Waals surface area contributed by atoms with Crippen LogP contribution in [0.2, 0.25) is 0 Å². The summed E-state index contributed by atoms with van der Waals surface area (Å²) < 4.78 is 0. The van der Waals surface area contributed by atoms with Crippen molar-refractivity contribution in [3.63, 3.8) is 0 Å². The van der Waals surface area contributed by atoms with E-state index in [2.05, 4.69) is 11.4 Å². The van der Waals surface area contributed by atoms with Crippen LogP contribution in [0.1, 0.15) is 24.1 Å². The molecule has 78 valence electrons. The summed E-state index contributed by atoms with van der Waals surface area (Å²) in [6.45, 7) is 0. The molecule has 0 saturated heterocycles. The molecule has 0 radical (unpaired) electrons. The topological polar surface area (TPSA) is 63.3 Å². The first-order valence-electron chi connectivity index (χ1n) is 4.71. The van der Waals surface area contributed by atoms with Gasteiger partial charge in [0.15, 0.2) is 0 Å². The van der Waals surface area contributed by atoms with Crippen LogP contribution in [0.15, 0.2) is 17.5 Å². The van der Waals surface area contributed by atoms with Gasteiger partial charge in [-0.3, -0.25) is 4.79 Å². The molecule has 0 aliphatic carbocycles. The fourth-order valence-corrected chi connectivity index (χ4v) is 1.99. The van der Waals surface area contributed by atoms with Crippen molar-refractivity contribution < 1.29 is 9.90 Å². The molecule has 1 aromatic heterocycles. The molecular weight excluding hydrogens is 198 g/mol. The van der Waals surface area contributed by atoms with Crippen LogP contribution >= 0.6 is 11.3 Å². The molecule has 1 aromatic rings. The number of aliphatic carboxylic acids is 1. The predicted molar refractivity (Wildman–Crippen MR) is 57.5 cm³/mol. The summed E-state index contributed by atoms with van der Waals surface area (Å²) in [4.78, 5) is 11.8. The number of hydrogen-bond acceptors (Lipinski definition) is 3. The fourth-order valence-electron chi connectivity index (χ4n) is 1.24. The van der Waals surface area contributed by atoms with Crippen LogP contribution in [0.5, 0.6) is 0 Å². The van der Waals surface area contributed by atoms with E-state index in [1.807, 2.05) is 6.07 Å². The van der Waals surface area contributed by atoms with Crippen LogP contribution in [0.25, 0.3) is 0 Å². The molecule has 0 spiro atoms. The van der Waals surface area contributed by atoms with E-state index in [1.54, 1.807) is 11.3 Å². The van der Waals surface area contributed by atoms with Gasteiger partial charge in [-0.2, -0.15) is 0 Å². The molecular formula is C10H15NO2S. The number of aryl methyl sites for hydroxylation is 1. The van der Waals surface area contributed by atoms with E-state index in [0.717, 1.165) is 19.3 Å². The second-order valence-electron chi connectivity index (χ2n) is 3.27. The minimum atomic E-state index is -0.902. The average molecular weight is 213 g/mol. The number of carboxylic acids is 1. The molecule has 14 heavy (non-hydrogen) atoms. The monoisotopic (exact) mass is 213 g/mol. The third kappa shape index (κ3) is 3.89. The summed E-state index contributed by atoms with van der Waals surface area (Å²) in [7, 11) is 0. The lowest BCUT2D eigenvalue weighted by atomic mass is 10.1. The van der Waals surface area contributed by atoms with E-state index in [9.17, 15) is 4.79 Å². The van der Waals surface area contributed by atoms with Crippen molar-refractivity contribution >= 4 is 17.3 Å². The molecule has 3 N–H and O–H groups in total. The Labute approximate surface area is 87.6 Å². The van der Waals surface area contributed by atoms with Gasteiger partial charge in [-0.05, 0) is 30.7 Å². The van der Waals surface area contributed by atoms with E-state index in [1.165, 1.54) is 4.88 Å². The maximum absolute atomic E-state index is 10.4. The lowest BCUT2D eigenvalue weighted by molar-refractivity contribution is -0.138. The van der Waals surface area contributed by atoms with E-state index < -0.39 is 12.0 Å². The highest BCUT2D eigenvalue weighted by Gasteiger charge is 2.09. The van der Waals surface area contributed by atoms with Crippen LogP contribution < -0.4 is 5.73 Å². The maximum atomic E-state index is 10.4. The molecule has 1 heterocycles. The highest BCUT2D eigenvalue weighted by molar-refractivity contribution is 7.09. The Kier molecular flexibility index (Phi) is 4.62. The van der Waals surface area contributed by atoms with Crippen molar-refractivity contribution in [3.8, 4) is 0 Å². The Hall–Kier alpha value is -0.870. The second-order valence-corrected chi connectivity index (χ2v) is 4.30. The van der Waals surface area contributed by atoms with Gasteiger partial charge in [-0.25, -0.2) is 0 Å². The molecule has 0 amide bonds. The minimum Gasteiger partial charge on any atom is -0.480 e. The van der Waals surface area contributed by atoms with Crippen molar-refractivity contribution in [1.82, 2.24) is 0 Å². The Balaban J connectivity index is 2.08. The molecule has 0 saturated carbocycles. The zero-order chi connectivity index (χ0) is 10.4. The lowest BCUT2D eigenvalue weighted by Gasteiger charge is -2.04. The Morgan fingerprint density at radius 3 is 2.93 bits per heavy atom. The Bertz CT molecular complexity index is 272. The Morgan fingerprint density at radius 2 is 2.36 bits per heavy atom. The second kappa shape index (κ2) is 5.78. The quantitative estimate of drug-likeness (QED) is 0.709. The minimum absolute atomic E-state index is 0.570. The summed E-state index contributed by atoms with van der Waals surface area (Å²) in [5.74, 6) is -0.902. The highest BCUT2D eigenvalue weighted by Crippen LogP contribution is 2.12. The number of nitrogens with two attached hydrogens (primary N) is 1. The normalized spacial score (nSPS) is 12.6. The number of hydrogen-bond donors (Lipinski definition) is 2. The van der Waals surface area contributed by atoms with Crippen LogP contribution in [-0.2, 0) is 11.2 Å². The molecule has 0 bridgehead atoms. The fraction of sp³-hybridized carbons (Fsp3) is 0.500. The summed E-state index contributed by atoms with van der Waals surface area (Å²) in [6, 6.07) is 3.43. The van der Waals surface area contributed by atoms with Crippen molar-refractivity contribution in [2.75, 3.05) is 0 Å².